The van der Waals surface area contributed by atoms with Gasteiger partial charge in [-0.1, -0.05) is 42.0 Å². The first-order valence-electron chi connectivity index (χ1n) is 8.12. The molecule has 0 saturated carbocycles. The summed E-state index contributed by atoms with van der Waals surface area (Å²) in [7, 11) is -3.95. The highest BCUT2D eigenvalue weighted by Gasteiger charge is 2.18. The molecule has 134 valence electrons. The Morgan fingerprint density at radius 2 is 1.63 bits per heavy atom. The Kier molecular flexibility index (Phi) is 5.34. The Bertz CT molecular complexity index is 1110. The van der Waals surface area contributed by atoms with Gasteiger partial charge in [0.05, 0.1) is 11.6 Å². The minimum absolute atomic E-state index is 0.0824. The first-order chi connectivity index (χ1) is 13.0. The molecule has 0 aliphatic rings. The minimum Gasteiger partial charge on any atom is -0.377 e. The zero-order chi connectivity index (χ0) is 19.3. The van der Waals surface area contributed by atoms with E-state index in [1.54, 1.807) is 66.9 Å². The van der Waals surface area contributed by atoms with Crippen molar-refractivity contribution in [3.05, 3.63) is 89.5 Å². The second kappa shape index (κ2) is 7.85. The zero-order valence-corrected chi connectivity index (χ0v) is 15.3. The Morgan fingerprint density at radius 3 is 2.30 bits per heavy atom. The Hall–Kier alpha value is -3.43. The van der Waals surface area contributed by atoms with Gasteiger partial charge in [-0.25, -0.2) is 0 Å². The molecule has 3 aromatic carbocycles. The van der Waals surface area contributed by atoms with Crippen molar-refractivity contribution < 1.29 is 12.6 Å². The maximum atomic E-state index is 12.5. The average Bonchev–Trinajstić information content (AvgIpc) is 2.68. The van der Waals surface area contributed by atoms with Crippen LogP contribution in [-0.4, -0.2) is 14.6 Å². The molecule has 0 aliphatic carbocycles. The lowest BCUT2D eigenvalue weighted by atomic mass is 10.2. The van der Waals surface area contributed by atoms with E-state index in [9.17, 15) is 8.42 Å². The van der Waals surface area contributed by atoms with E-state index in [0.717, 1.165) is 11.1 Å². The molecule has 0 amide bonds. The summed E-state index contributed by atoms with van der Waals surface area (Å²) in [6, 6.07) is 22.0. The van der Waals surface area contributed by atoms with Gasteiger partial charge in [0.15, 0.2) is 5.75 Å². The number of rotatable bonds is 5. The lowest BCUT2D eigenvalue weighted by Gasteiger charge is -2.09. The van der Waals surface area contributed by atoms with Crippen molar-refractivity contribution in [3.8, 4) is 11.8 Å². The highest BCUT2D eigenvalue weighted by atomic mass is 32.2. The van der Waals surface area contributed by atoms with E-state index in [0.29, 0.717) is 11.3 Å². The predicted octanol–water partition coefficient (Wildman–Crippen LogP) is 4.39. The summed E-state index contributed by atoms with van der Waals surface area (Å²) in [5, 5.41) is 8.83. The Balaban J connectivity index is 1.86. The molecule has 0 bridgehead atoms. The van der Waals surface area contributed by atoms with E-state index in [-0.39, 0.29) is 10.6 Å². The third kappa shape index (κ3) is 4.60. The topological polar surface area (TPSA) is 79.5 Å². The molecule has 0 spiro atoms. The highest BCUT2D eigenvalue weighted by molar-refractivity contribution is 7.87. The summed E-state index contributed by atoms with van der Waals surface area (Å²) in [5.74, 6) is 0.142. The molecule has 0 aliphatic heterocycles. The summed E-state index contributed by atoms with van der Waals surface area (Å²) < 4.78 is 30.3. The SMILES string of the molecule is Cc1ccc(S(=O)(=O)Oc2ccccc2N=Cc2ccc(C#N)cc2)cc1. The number of aryl methyl sites for hydroxylation is 1. The molecule has 0 saturated heterocycles. The minimum atomic E-state index is -3.95. The summed E-state index contributed by atoms with van der Waals surface area (Å²) >= 11 is 0. The van der Waals surface area contributed by atoms with Crippen LogP contribution >= 0.6 is 0 Å². The third-order valence-corrected chi connectivity index (χ3v) is 5.02. The zero-order valence-electron chi connectivity index (χ0n) is 14.5. The van der Waals surface area contributed by atoms with E-state index >= 15 is 0 Å². The van der Waals surface area contributed by atoms with Gasteiger partial charge in [0, 0.05) is 6.21 Å². The van der Waals surface area contributed by atoms with Gasteiger partial charge in [-0.2, -0.15) is 13.7 Å². The van der Waals surface area contributed by atoms with Crippen molar-refractivity contribution in [2.24, 2.45) is 4.99 Å². The van der Waals surface area contributed by atoms with E-state index in [1.165, 1.54) is 12.1 Å². The molecular weight excluding hydrogens is 360 g/mol. The maximum Gasteiger partial charge on any atom is 0.339 e. The average molecular weight is 376 g/mol. The van der Waals surface area contributed by atoms with E-state index in [2.05, 4.69) is 11.1 Å². The van der Waals surface area contributed by atoms with Gasteiger partial charge >= 0.3 is 10.1 Å². The number of hydrogen-bond acceptors (Lipinski definition) is 5. The molecule has 3 aromatic rings. The smallest absolute Gasteiger partial charge is 0.339 e. The third-order valence-electron chi connectivity index (χ3n) is 3.77. The molecule has 6 heteroatoms. The summed E-state index contributed by atoms with van der Waals surface area (Å²) in [6.45, 7) is 1.88. The van der Waals surface area contributed by atoms with Crippen LogP contribution in [-0.2, 0) is 10.1 Å². The van der Waals surface area contributed by atoms with Crippen molar-refractivity contribution in [1.29, 1.82) is 5.26 Å². The van der Waals surface area contributed by atoms with Crippen LogP contribution in [0.1, 0.15) is 16.7 Å². The van der Waals surface area contributed by atoms with E-state index in [1.807, 2.05) is 6.92 Å². The van der Waals surface area contributed by atoms with Gasteiger partial charge in [0.1, 0.15) is 10.6 Å². The molecule has 0 heterocycles. The Morgan fingerprint density at radius 1 is 0.963 bits per heavy atom. The molecule has 0 fully saturated rings. The lowest BCUT2D eigenvalue weighted by molar-refractivity contribution is 0.486. The number of para-hydroxylation sites is 2. The Labute approximate surface area is 158 Å². The first-order valence-corrected chi connectivity index (χ1v) is 9.53. The van der Waals surface area contributed by atoms with Gasteiger partial charge in [0.2, 0.25) is 0 Å². The molecule has 0 N–H and O–H groups in total. The van der Waals surface area contributed by atoms with E-state index in [4.69, 9.17) is 9.44 Å². The van der Waals surface area contributed by atoms with Gasteiger partial charge in [-0.05, 0) is 48.9 Å². The highest BCUT2D eigenvalue weighted by Crippen LogP contribution is 2.29. The molecule has 3 rings (SSSR count). The van der Waals surface area contributed by atoms with Crippen LogP contribution in [0.4, 0.5) is 5.69 Å². The number of benzene rings is 3. The van der Waals surface area contributed by atoms with Crippen LogP contribution in [0.15, 0.2) is 82.7 Å². The van der Waals surface area contributed by atoms with Crippen LogP contribution < -0.4 is 4.18 Å². The fourth-order valence-corrected chi connectivity index (χ4v) is 3.24. The van der Waals surface area contributed by atoms with Crippen molar-refractivity contribution in [3.63, 3.8) is 0 Å². The molecule has 5 nitrogen and oxygen atoms in total. The lowest BCUT2D eigenvalue weighted by Crippen LogP contribution is -2.09. The standard InChI is InChI=1S/C21H16N2O3S/c1-16-6-12-19(13-7-16)27(24,25)26-21-5-3-2-4-20(21)23-15-18-10-8-17(14-22)9-11-18/h2-13,15H,1H3. The van der Waals surface area contributed by atoms with Gasteiger partial charge in [-0.3, -0.25) is 4.99 Å². The van der Waals surface area contributed by atoms with Crippen molar-refractivity contribution in [1.82, 2.24) is 0 Å². The molecule has 0 radical (unpaired) electrons. The second-order valence-electron chi connectivity index (χ2n) is 5.81. The summed E-state index contributed by atoms with van der Waals surface area (Å²) in [6.07, 6.45) is 1.59. The van der Waals surface area contributed by atoms with Crippen molar-refractivity contribution >= 4 is 22.0 Å². The fourth-order valence-electron chi connectivity index (χ4n) is 2.29. The molecule has 27 heavy (non-hydrogen) atoms. The number of hydrogen-bond donors (Lipinski definition) is 0. The normalized spacial score (nSPS) is 11.3. The fraction of sp³-hybridized carbons (Fsp3) is 0.0476. The second-order valence-corrected chi connectivity index (χ2v) is 7.36. The van der Waals surface area contributed by atoms with Gasteiger partial charge < -0.3 is 4.18 Å². The predicted molar refractivity (Wildman–Crippen MR) is 104 cm³/mol. The van der Waals surface area contributed by atoms with Crippen LogP contribution in [0.3, 0.4) is 0 Å². The number of nitriles is 1. The summed E-state index contributed by atoms with van der Waals surface area (Å²) in [5.41, 5.74) is 2.68. The molecule has 0 atom stereocenters. The monoisotopic (exact) mass is 376 g/mol. The van der Waals surface area contributed by atoms with Crippen molar-refractivity contribution in [2.75, 3.05) is 0 Å². The number of nitrogens with zero attached hydrogens (tertiary/aromatic N) is 2. The van der Waals surface area contributed by atoms with Gasteiger partial charge in [0.25, 0.3) is 0 Å². The summed E-state index contributed by atoms with van der Waals surface area (Å²) in [4.78, 5) is 4.41. The number of aliphatic imine (C=N–C) groups is 1. The van der Waals surface area contributed by atoms with Crippen molar-refractivity contribution in [2.45, 2.75) is 11.8 Å². The molecular formula is C21H16N2O3S. The van der Waals surface area contributed by atoms with Crippen LogP contribution in [0, 0.1) is 18.3 Å². The quantitative estimate of drug-likeness (QED) is 0.489. The van der Waals surface area contributed by atoms with Crippen LogP contribution in [0.2, 0.25) is 0 Å². The largest absolute Gasteiger partial charge is 0.377 e. The maximum absolute atomic E-state index is 12.5. The van der Waals surface area contributed by atoms with Gasteiger partial charge in [-0.15, -0.1) is 0 Å². The molecule has 0 unspecified atom stereocenters. The molecule has 0 aromatic heterocycles. The first kappa shape index (κ1) is 18.4. The van der Waals surface area contributed by atoms with E-state index < -0.39 is 10.1 Å². The van der Waals surface area contributed by atoms with Crippen LogP contribution in [0.25, 0.3) is 0 Å². The van der Waals surface area contributed by atoms with Crippen LogP contribution in [0.5, 0.6) is 5.75 Å².